The highest BCUT2D eigenvalue weighted by atomic mass is 16.5. The second-order valence-electron chi connectivity index (χ2n) is 2.97. The summed E-state index contributed by atoms with van der Waals surface area (Å²) in [5.41, 5.74) is 7.76. The van der Waals surface area contributed by atoms with Gasteiger partial charge in [0, 0.05) is 5.56 Å². The van der Waals surface area contributed by atoms with Crippen LogP contribution in [-0.2, 0) is 0 Å². The highest BCUT2D eigenvalue weighted by Crippen LogP contribution is 2.25. The Bertz CT molecular complexity index is 345. The molecule has 0 aliphatic heterocycles. The Kier molecular flexibility index (Phi) is 2.56. The third-order valence-electron chi connectivity index (χ3n) is 1.96. The number of methoxy groups -OCH3 is 1. The van der Waals surface area contributed by atoms with Crippen molar-refractivity contribution in [3.63, 3.8) is 0 Å². The summed E-state index contributed by atoms with van der Waals surface area (Å²) in [5.74, 6) is 0.576. The molecule has 0 amide bonds. The summed E-state index contributed by atoms with van der Waals surface area (Å²) in [5, 5.41) is 0. The lowest BCUT2D eigenvalue weighted by atomic mass is 10.0. The average molecular weight is 179 g/mol. The standard InChI is InChI=1S/C10H13NO2/c1-6-4-9(11)10(13-3)5-8(6)7(2)12/h4-5H,11H2,1-3H3. The number of nitrogens with two attached hydrogens (primary N) is 1. The molecule has 2 N–H and O–H groups in total. The van der Waals surface area contributed by atoms with Crippen molar-refractivity contribution >= 4 is 11.5 Å². The van der Waals surface area contributed by atoms with E-state index in [0.29, 0.717) is 17.0 Å². The Labute approximate surface area is 77.5 Å². The van der Waals surface area contributed by atoms with Crippen molar-refractivity contribution in [3.05, 3.63) is 23.3 Å². The predicted octanol–water partition coefficient (Wildman–Crippen LogP) is 1.79. The smallest absolute Gasteiger partial charge is 0.160 e. The Balaban J connectivity index is 3.30. The van der Waals surface area contributed by atoms with E-state index in [1.807, 2.05) is 6.92 Å². The maximum absolute atomic E-state index is 11.1. The van der Waals surface area contributed by atoms with Crippen molar-refractivity contribution < 1.29 is 9.53 Å². The van der Waals surface area contributed by atoms with Gasteiger partial charge in [-0.2, -0.15) is 0 Å². The minimum Gasteiger partial charge on any atom is -0.495 e. The molecule has 3 nitrogen and oxygen atoms in total. The van der Waals surface area contributed by atoms with E-state index in [-0.39, 0.29) is 5.78 Å². The maximum Gasteiger partial charge on any atom is 0.160 e. The SMILES string of the molecule is COc1cc(C(C)=O)c(C)cc1N. The van der Waals surface area contributed by atoms with Gasteiger partial charge in [0.2, 0.25) is 0 Å². The van der Waals surface area contributed by atoms with Gasteiger partial charge in [0.05, 0.1) is 12.8 Å². The van der Waals surface area contributed by atoms with Gasteiger partial charge in [0.25, 0.3) is 0 Å². The van der Waals surface area contributed by atoms with E-state index in [2.05, 4.69) is 0 Å². The van der Waals surface area contributed by atoms with Crippen LogP contribution in [0.4, 0.5) is 5.69 Å². The molecule has 0 heterocycles. The molecule has 0 unspecified atom stereocenters. The van der Waals surface area contributed by atoms with Crippen molar-refractivity contribution in [2.75, 3.05) is 12.8 Å². The summed E-state index contributed by atoms with van der Waals surface area (Å²) in [6.45, 7) is 3.38. The topological polar surface area (TPSA) is 52.3 Å². The van der Waals surface area contributed by atoms with E-state index < -0.39 is 0 Å². The largest absolute Gasteiger partial charge is 0.495 e. The van der Waals surface area contributed by atoms with Crippen molar-refractivity contribution in [2.45, 2.75) is 13.8 Å². The number of carbonyl (C=O) groups is 1. The third kappa shape index (κ3) is 1.80. The summed E-state index contributed by atoms with van der Waals surface area (Å²) < 4.78 is 5.01. The molecule has 0 atom stereocenters. The number of nitrogen functional groups attached to an aromatic ring is 1. The number of anilines is 1. The first kappa shape index (κ1) is 9.58. The van der Waals surface area contributed by atoms with Crippen molar-refractivity contribution in [1.29, 1.82) is 0 Å². The predicted molar refractivity (Wildman–Crippen MR) is 52.1 cm³/mol. The molecule has 0 bridgehead atoms. The summed E-state index contributed by atoms with van der Waals surface area (Å²) in [6, 6.07) is 3.42. The zero-order valence-electron chi connectivity index (χ0n) is 8.05. The molecule has 1 rings (SSSR count). The van der Waals surface area contributed by atoms with Gasteiger partial charge in [-0.25, -0.2) is 0 Å². The number of ether oxygens (including phenoxy) is 1. The Hall–Kier alpha value is -1.51. The third-order valence-corrected chi connectivity index (χ3v) is 1.96. The average Bonchev–Trinajstić information content (AvgIpc) is 2.03. The van der Waals surface area contributed by atoms with Crippen LogP contribution in [0.15, 0.2) is 12.1 Å². The molecule has 70 valence electrons. The van der Waals surface area contributed by atoms with E-state index >= 15 is 0 Å². The lowest BCUT2D eigenvalue weighted by molar-refractivity contribution is 0.101. The minimum atomic E-state index is 0.0239. The molecule has 0 spiro atoms. The van der Waals surface area contributed by atoms with Gasteiger partial charge >= 0.3 is 0 Å². The van der Waals surface area contributed by atoms with Crippen LogP contribution >= 0.6 is 0 Å². The zero-order chi connectivity index (χ0) is 10.0. The zero-order valence-corrected chi connectivity index (χ0v) is 8.05. The molecule has 0 saturated carbocycles. The number of aryl methyl sites for hydroxylation is 1. The van der Waals surface area contributed by atoms with Crippen molar-refractivity contribution in [2.24, 2.45) is 0 Å². The van der Waals surface area contributed by atoms with E-state index in [4.69, 9.17) is 10.5 Å². The van der Waals surface area contributed by atoms with Crippen LogP contribution in [0.5, 0.6) is 5.75 Å². The summed E-state index contributed by atoms with van der Waals surface area (Å²) in [7, 11) is 1.53. The van der Waals surface area contributed by atoms with Crippen LogP contribution in [0, 0.1) is 6.92 Å². The molecule has 0 fully saturated rings. The molecule has 0 aromatic heterocycles. The molecular formula is C10H13NO2. The quantitative estimate of drug-likeness (QED) is 0.556. The van der Waals surface area contributed by atoms with Gasteiger partial charge in [-0.3, -0.25) is 4.79 Å². The van der Waals surface area contributed by atoms with Crippen LogP contribution in [0.2, 0.25) is 0 Å². The van der Waals surface area contributed by atoms with Crippen LogP contribution < -0.4 is 10.5 Å². The molecule has 0 aliphatic carbocycles. The fraction of sp³-hybridized carbons (Fsp3) is 0.300. The monoisotopic (exact) mass is 179 g/mol. The molecule has 1 aromatic rings. The number of benzene rings is 1. The van der Waals surface area contributed by atoms with Crippen LogP contribution in [0.1, 0.15) is 22.8 Å². The summed E-state index contributed by atoms with van der Waals surface area (Å²) >= 11 is 0. The Morgan fingerprint density at radius 3 is 2.54 bits per heavy atom. The van der Waals surface area contributed by atoms with Gasteiger partial charge in [0.1, 0.15) is 5.75 Å². The molecule has 0 saturated heterocycles. The lowest BCUT2D eigenvalue weighted by Gasteiger charge is -2.08. The Morgan fingerprint density at radius 1 is 1.46 bits per heavy atom. The second-order valence-corrected chi connectivity index (χ2v) is 2.97. The van der Waals surface area contributed by atoms with E-state index in [9.17, 15) is 4.79 Å². The molecule has 1 aromatic carbocycles. The highest BCUT2D eigenvalue weighted by molar-refractivity contribution is 5.96. The summed E-state index contributed by atoms with van der Waals surface area (Å²) in [4.78, 5) is 11.1. The Morgan fingerprint density at radius 2 is 2.08 bits per heavy atom. The van der Waals surface area contributed by atoms with Crippen molar-refractivity contribution in [1.82, 2.24) is 0 Å². The first-order valence-electron chi connectivity index (χ1n) is 4.01. The molecule has 0 aliphatic rings. The minimum absolute atomic E-state index is 0.0239. The number of rotatable bonds is 2. The molecule has 0 radical (unpaired) electrons. The highest BCUT2D eigenvalue weighted by Gasteiger charge is 2.08. The van der Waals surface area contributed by atoms with E-state index in [1.165, 1.54) is 14.0 Å². The normalized spacial score (nSPS) is 9.77. The number of Topliss-reactive ketones (excluding diaryl/α,β-unsaturated/α-hetero) is 1. The van der Waals surface area contributed by atoms with Crippen LogP contribution in [-0.4, -0.2) is 12.9 Å². The van der Waals surface area contributed by atoms with Crippen molar-refractivity contribution in [3.8, 4) is 5.75 Å². The van der Waals surface area contributed by atoms with Gasteiger partial charge in [-0.1, -0.05) is 0 Å². The fourth-order valence-corrected chi connectivity index (χ4v) is 1.27. The van der Waals surface area contributed by atoms with Crippen LogP contribution in [0.25, 0.3) is 0 Å². The maximum atomic E-state index is 11.1. The lowest BCUT2D eigenvalue weighted by Crippen LogP contribution is -2.00. The molecule has 13 heavy (non-hydrogen) atoms. The van der Waals surface area contributed by atoms with Gasteiger partial charge in [-0.05, 0) is 31.5 Å². The number of hydrogen-bond donors (Lipinski definition) is 1. The second kappa shape index (κ2) is 3.47. The van der Waals surface area contributed by atoms with Gasteiger partial charge < -0.3 is 10.5 Å². The molecule has 3 heteroatoms. The van der Waals surface area contributed by atoms with E-state index in [0.717, 1.165) is 5.56 Å². The first-order valence-corrected chi connectivity index (χ1v) is 4.01. The fourth-order valence-electron chi connectivity index (χ4n) is 1.27. The molecular weight excluding hydrogens is 166 g/mol. The summed E-state index contributed by atoms with van der Waals surface area (Å²) in [6.07, 6.45) is 0. The van der Waals surface area contributed by atoms with Crippen LogP contribution in [0.3, 0.4) is 0 Å². The number of ketones is 1. The number of carbonyl (C=O) groups excluding carboxylic acids is 1. The van der Waals surface area contributed by atoms with Gasteiger partial charge in [-0.15, -0.1) is 0 Å². The van der Waals surface area contributed by atoms with E-state index in [1.54, 1.807) is 12.1 Å². The first-order chi connectivity index (χ1) is 6.06. The number of hydrogen-bond acceptors (Lipinski definition) is 3. The van der Waals surface area contributed by atoms with Gasteiger partial charge in [0.15, 0.2) is 5.78 Å².